The van der Waals surface area contributed by atoms with Gasteiger partial charge in [0.05, 0.1) is 29.7 Å². The molecule has 1 heterocycles. The molecule has 1 amide bonds. The zero-order valence-corrected chi connectivity index (χ0v) is 22.5. The number of para-hydroxylation sites is 1. The van der Waals surface area contributed by atoms with E-state index >= 15 is 0 Å². The summed E-state index contributed by atoms with van der Waals surface area (Å²) < 4.78 is 7.29. The maximum Gasteiger partial charge on any atom is 0.266 e. The summed E-state index contributed by atoms with van der Waals surface area (Å²) in [5, 5.41) is 0.541. The van der Waals surface area contributed by atoms with Gasteiger partial charge in [-0.3, -0.25) is 14.2 Å². The van der Waals surface area contributed by atoms with Gasteiger partial charge in [-0.1, -0.05) is 64.2 Å². The van der Waals surface area contributed by atoms with E-state index in [9.17, 15) is 9.59 Å². The van der Waals surface area contributed by atoms with Gasteiger partial charge in [0, 0.05) is 13.0 Å². The Morgan fingerprint density at radius 2 is 1.75 bits per heavy atom. The van der Waals surface area contributed by atoms with Crippen molar-refractivity contribution >= 4 is 16.8 Å². The van der Waals surface area contributed by atoms with E-state index in [4.69, 9.17) is 9.72 Å². The van der Waals surface area contributed by atoms with E-state index in [1.165, 1.54) is 12.8 Å². The van der Waals surface area contributed by atoms with E-state index in [1.807, 2.05) is 55.1 Å². The Hall–Kier alpha value is -3.15. The van der Waals surface area contributed by atoms with Crippen molar-refractivity contribution in [2.24, 2.45) is 0 Å². The van der Waals surface area contributed by atoms with Crippen molar-refractivity contribution < 1.29 is 9.53 Å². The van der Waals surface area contributed by atoms with Crippen LogP contribution in [0.4, 0.5) is 0 Å². The Kier molecular flexibility index (Phi) is 10.1. The molecule has 0 N–H and O–H groups in total. The number of methoxy groups -OCH3 is 1. The fraction of sp³-hybridized carbons (Fsp3) is 0.500. The molecular weight excluding hydrogens is 450 g/mol. The van der Waals surface area contributed by atoms with Gasteiger partial charge in [0.15, 0.2) is 0 Å². The average molecular weight is 492 g/mol. The number of fused-ring (bicyclic) bond motifs is 1. The highest BCUT2D eigenvalue weighted by molar-refractivity contribution is 5.79. The lowest BCUT2D eigenvalue weighted by Crippen LogP contribution is -2.38. The molecule has 0 aliphatic carbocycles. The molecule has 6 nitrogen and oxygen atoms in total. The minimum atomic E-state index is -0.373. The largest absolute Gasteiger partial charge is 0.495 e. The number of nitrogens with zero attached hydrogens (tertiary/aromatic N) is 3. The van der Waals surface area contributed by atoms with Crippen molar-refractivity contribution in [2.45, 2.75) is 85.1 Å². The van der Waals surface area contributed by atoms with Crippen molar-refractivity contribution in [2.75, 3.05) is 13.7 Å². The molecule has 3 aromatic rings. The maximum atomic E-state index is 13.9. The molecule has 194 valence electrons. The first kappa shape index (κ1) is 27.4. The van der Waals surface area contributed by atoms with Gasteiger partial charge in [0.2, 0.25) is 5.91 Å². The van der Waals surface area contributed by atoms with Crippen LogP contribution in [0.5, 0.6) is 5.75 Å². The molecule has 0 spiro atoms. The molecule has 36 heavy (non-hydrogen) atoms. The van der Waals surface area contributed by atoms with Gasteiger partial charge in [0.25, 0.3) is 5.56 Å². The van der Waals surface area contributed by atoms with Crippen LogP contribution in [0.2, 0.25) is 0 Å². The quantitative estimate of drug-likeness (QED) is 0.248. The average Bonchev–Trinajstić information content (AvgIpc) is 2.88. The van der Waals surface area contributed by atoms with Crippen LogP contribution >= 0.6 is 0 Å². The van der Waals surface area contributed by atoms with Crippen LogP contribution in [0, 0.1) is 6.92 Å². The van der Waals surface area contributed by atoms with E-state index in [0.717, 1.165) is 37.7 Å². The van der Waals surface area contributed by atoms with E-state index < -0.39 is 0 Å². The van der Waals surface area contributed by atoms with Gasteiger partial charge in [0.1, 0.15) is 11.6 Å². The second-order valence-electron chi connectivity index (χ2n) is 9.58. The molecule has 0 saturated heterocycles. The third-order valence-corrected chi connectivity index (χ3v) is 6.79. The van der Waals surface area contributed by atoms with E-state index in [0.29, 0.717) is 41.1 Å². The van der Waals surface area contributed by atoms with Crippen LogP contribution in [0.3, 0.4) is 0 Å². The number of carbonyl (C=O) groups is 1. The molecule has 0 bridgehead atoms. The minimum absolute atomic E-state index is 0.123. The number of ether oxygens (including phenoxy) is 1. The van der Waals surface area contributed by atoms with E-state index in [1.54, 1.807) is 17.7 Å². The molecule has 1 atom stereocenters. The summed E-state index contributed by atoms with van der Waals surface area (Å²) in [5.74, 6) is 1.27. The fourth-order valence-corrected chi connectivity index (χ4v) is 4.66. The lowest BCUT2D eigenvalue weighted by molar-refractivity contribution is -0.133. The second-order valence-corrected chi connectivity index (χ2v) is 9.58. The van der Waals surface area contributed by atoms with Crippen molar-refractivity contribution in [3.63, 3.8) is 0 Å². The molecule has 1 unspecified atom stereocenters. The maximum absolute atomic E-state index is 13.9. The Balaban J connectivity index is 2.11. The number of rotatable bonds is 13. The number of hydrogen-bond donors (Lipinski definition) is 0. The fourth-order valence-electron chi connectivity index (χ4n) is 4.66. The monoisotopic (exact) mass is 491 g/mol. The number of carbonyl (C=O) groups excluding carboxylic acids is 1. The molecule has 1 aromatic heterocycles. The number of hydrogen-bond acceptors (Lipinski definition) is 4. The van der Waals surface area contributed by atoms with Crippen LogP contribution in [0.25, 0.3) is 16.6 Å². The van der Waals surface area contributed by atoms with Gasteiger partial charge < -0.3 is 9.64 Å². The van der Waals surface area contributed by atoms with Crippen LogP contribution in [0.15, 0.2) is 47.3 Å². The van der Waals surface area contributed by atoms with Crippen molar-refractivity contribution in [1.82, 2.24) is 14.5 Å². The normalized spacial score (nSPS) is 12.0. The summed E-state index contributed by atoms with van der Waals surface area (Å²) in [6, 6.07) is 12.8. The van der Waals surface area contributed by atoms with E-state index in [2.05, 4.69) is 13.8 Å². The molecular formula is C30H41N3O3. The smallest absolute Gasteiger partial charge is 0.266 e. The molecule has 0 saturated carbocycles. The van der Waals surface area contributed by atoms with Gasteiger partial charge in [-0.15, -0.1) is 0 Å². The highest BCUT2D eigenvalue weighted by Gasteiger charge is 2.27. The predicted molar refractivity (Wildman–Crippen MR) is 147 cm³/mol. The van der Waals surface area contributed by atoms with Crippen molar-refractivity contribution in [3.8, 4) is 11.4 Å². The highest BCUT2D eigenvalue weighted by atomic mass is 16.5. The van der Waals surface area contributed by atoms with Crippen molar-refractivity contribution in [1.29, 1.82) is 0 Å². The Morgan fingerprint density at radius 3 is 2.47 bits per heavy atom. The van der Waals surface area contributed by atoms with E-state index in [-0.39, 0.29) is 17.5 Å². The minimum Gasteiger partial charge on any atom is -0.495 e. The second kappa shape index (κ2) is 13.2. The molecule has 0 aliphatic heterocycles. The first-order valence-corrected chi connectivity index (χ1v) is 13.4. The van der Waals surface area contributed by atoms with Crippen LogP contribution in [-0.4, -0.2) is 34.0 Å². The molecule has 3 rings (SSSR count). The number of amides is 1. The number of aryl methyl sites for hydroxylation is 1. The zero-order chi connectivity index (χ0) is 26.1. The van der Waals surface area contributed by atoms with Gasteiger partial charge in [-0.05, 0) is 56.5 Å². The summed E-state index contributed by atoms with van der Waals surface area (Å²) in [5.41, 5.74) is 2.13. The highest BCUT2D eigenvalue weighted by Crippen LogP contribution is 2.29. The zero-order valence-electron chi connectivity index (χ0n) is 22.5. The van der Waals surface area contributed by atoms with Gasteiger partial charge in [-0.25, -0.2) is 4.98 Å². The summed E-state index contributed by atoms with van der Waals surface area (Å²) in [7, 11) is 1.60. The summed E-state index contributed by atoms with van der Waals surface area (Å²) in [6.07, 6.45) is 7.90. The van der Waals surface area contributed by atoms with Gasteiger partial charge >= 0.3 is 0 Å². The molecule has 2 aromatic carbocycles. The molecule has 0 radical (unpaired) electrons. The predicted octanol–water partition coefficient (Wildman–Crippen LogP) is 6.75. The van der Waals surface area contributed by atoms with Crippen LogP contribution < -0.4 is 10.3 Å². The number of unbranched alkanes of at least 4 members (excludes halogenated alkanes) is 5. The SMILES string of the molecule is CCCCCCCC(=O)N(CCCC)C(C)c1nc2ccccc2c(=O)n1-c1cc(C)ccc1OC. The van der Waals surface area contributed by atoms with Crippen LogP contribution in [-0.2, 0) is 4.79 Å². The Bertz CT molecular complexity index is 1220. The lowest BCUT2D eigenvalue weighted by atomic mass is 10.1. The first-order chi connectivity index (χ1) is 17.4. The first-order valence-electron chi connectivity index (χ1n) is 13.4. The Morgan fingerprint density at radius 1 is 1.03 bits per heavy atom. The van der Waals surface area contributed by atoms with Gasteiger partial charge in [-0.2, -0.15) is 0 Å². The summed E-state index contributed by atoms with van der Waals surface area (Å²) in [6.45, 7) is 8.93. The third-order valence-electron chi connectivity index (χ3n) is 6.79. The van der Waals surface area contributed by atoms with Crippen LogP contribution in [0.1, 0.15) is 89.6 Å². The standard InChI is InChI=1S/C30H41N3O3/c1-6-8-10-11-12-17-28(34)32(20-9-7-2)23(4)29-31-25-16-14-13-15-24(25)30(35)33(29)26-21-22(3)18-19-27(26)36-5/h13-16,18-19,21,23H,6-12,17,20H2,1-5H3. The molecule has 6 heteroatoms. The number of benzene rings is 2. The number of aromatic nitrogens is 2. The molecule has 0 fully saturated rings. The van der Waals surface area contributed by atoms with Crippen molar-refractivity contribution in [3.05, 3.63) is 64.2 Å². The Labute approximate surface area is 215 Å². The molecule has 0 aliphatic rings. The topological polar surface area (TPSA) is 64.4 Å². The lowest BCUT2D eigenvalue weighted by Gasteiger charge is -2.31. The summed E-state index contributed by atoms with van der Waals surface area (Å²) >= 11 is 0. The third kappa shape index (κ3) is 6.34. The summed E-state index contributed by atoms with van der Waals surface area (Å²) in [4.78, 5) is 34.2.